The van der Waals surface area contributed by atoms with Crippen molar-refractivity contribution >= 4 is 22.2 Å². The molecule has 2 fully saturated rings. The molecule has 2 aliphatic heterocycles. The normalized spacial score (nSPS) is 30.2. The predicted octanol–water partition coefficient (Wildman–Crippen LogP) is 1.31. The fourth-order valence-electron chi connectivity index (χ4n) is 3.18. The molecule has 2 rings (SSSR count). The summed E-state index contributed by atoms with van der Waals surface area (Å²) < 4.78 is 23.2. The lowest BCUT2D eigenvalue weighted by Crippen LogP contribution is -2.43. The van der Waals surface area contributed by atoms with E-state index < -0.39 is 9.84 Å². The first-order valence-corrected chi connectivity index (χ1v) is 9.08. The SMILES string of the molecule is CCCN(CC1CCCNC1)C1CCS(=O)(=O)C1.Cl. The summed E-state index contributed by atoms with van der Waals surface area (Å²) >= 11 is 0. The summed E-state index contributed by atoms with van der Waals surface area (Å²) in [7, 11) is -2.76. The average molecular weight is 311 g/mol. The van der Waals surface area contributed by atoms with Gasteiger partial charge in [0, 0.05) is 12.6 Å². The van der Waals surface area contributed by atoms with Gasteiger partial charge in [0.2, 0.25) is 0 Å². The molecule has 0 aromatic carbocycles. The minimum Gasteiger partial charge on any atom is -0.316 e. The van der Waals surface area contributed by atoms with E-state index in [0.717, 1.165) is 39.0 Å². The number of hydrogen-bond donors (Lipinski definition) is 1. The number of rotatable bonds is 5. The summed E-state index contributed by atoms with van der Waals surface area (Å²) in [5, 5.41) is 3.44. The zero-order valence-electron chi connectivity index (χ0n) is 11.8. The van der Waals surface area contributed by atoms with Crippen LogP contribution in [0.4, 0.5) is 0 Å². The van der Waals surface area contributed by atoms with Crippen LogP contribution >= 0.6 is 12.4 Å². The minimum absolute atomic E-state index is 0. The molecule has 1 N–H and O–H groups in total. The van der Waals surface area contributed by atoms with Crippen LogP contribution in [0.2, 0.25) is 0 Å². The summed E-state index contributed by atoms with van der Waals surface area (Å²) in [5.74, 6) is 1.47. The number of nitrogens with zero attached hydrogens (tertiary/aromatic N) is 1. The number of hydrogen-bond acceptors (Lipinski definition) is 4. The fraction of sp³-hybridized carbons (Fsp3) is 1.00. The smallest absolute Gasteiger partial charge is 0.151 e. The fourth-order valence-corrected chi connectivity index (χ4v) is 4.95. The molecule has 2 heterocycles. The van der Waals surface area contributed by atoms with Crippen LogP contribution in [-0.2, 0) is 9.84 Å². The molecule has 0 aromatic heterocycles. The van der Waals surface area contributed by atoms with Crippen molar-refractivity contribution in [2.24, 2.45) is 5.92 Å². The van der Waals surface area contributed by atoms with E-state index in [0.29, 0.717) is 17.4 Å². The van der Waals surface area contributed by atoms with Crippen molar-refractivity contribution in [3.63, 3.8) is 0 Å². The van der Waals surface area contributed by atoms with E-state index >= 15 is 0 Å². The van der Waals surface area contributed by atoms with Crippen LogP contribution < -0.4 is 5.32 Å². The molecule has 2 saturated heterocycles. The first kappa shape index (κ1) is 17.2. The number of piperidine rings is 1. The highest BCUT2D eigenvalue weighted by Crippen LogP contribution is 2.21. The third-order valence-corrected chi connectivity index (χ3v) is 5.88. The topological polar surface area (TPSA) is 49.4 Å². The van der Waals surface area contributed by atoms with Gasteiger partial charge in [-0.1, -0.05) is 6.92 Å². The third kappa shape index (κ3) is 5.21. The maximum absolute atomic E-state index is 11.6. The molecule has 2 aliphatic rings. The highest BCUT2D eigenvalue weighted by Gasteiger charge is 2.32. The van der Waals surface area contributed by atoms with Crippen molar-refractivity contribution in [2.45, 2.75) is 38.6 Å². The lowest BCUT2D eigenvalue weighted by Gasteiger charge is -2.33. The van der Waals surface area contributed by atoms with Crippen LogP contribution in [-0.4, -0.2) is 57.0 Å². The van der Waals surface area contributed by atoms with E-state index in [4.69, 9.17) is 0 Å². The van der Waals surface area contributed by atoms with Crippen molar-refractivity contribution in [2.75, 3.05) is 37.7 Å². The van der Waals surface area contributed by atoms with Gasteiger partial charge < -0.3 is 5.32 Å². The van der Waals surface area contributed by atoms with E-state index in [-0.39, 0.29) is 18.4 Å². The summed E-state index contributed by atoms with van der Waals surface area (Å²) in [6.45, 7) is 6.52. The molecule has 0 amide bonds. The van der Waals surface area contributed by atoms with E-state index in [1.165, 1.54) is 12.8 Å². The molecule has 0 aromatic rings. The van der Waals surface area contributed by atoms with Gasteiger partial charge in [0.1, 0.15) is 0 Å². The molecule has 114 valence electrons. The van der Waals surface area contributed by atoms with Crippen LogP contribution in [0.25, 0.3) is 0 Å². The van der Waals surface area contributed by atoms with Crippen LogP contribution in [0.3, 0.4) is 0 Å². The van der Waals surface area contributed by atoms with Gasteiger partial charge in [0.05, 0.1) is 11.5 Å². The molecular formula is C13H27ClN2O2S. The molecule has 0 bridgehead atoms. The average Bonchev–Trinajstić information content (AvgIpc) is 2.70. The second-order valence-electron chi connectivity index (χ2n) is 5.76. The van der Waals surface area contributed by atoms with Crippen molar-refractivity contribution in [3.8, 4) is 0 Å². The minimum atomic E-state index is -2.76. The first-order valence-electron chi connectivity index (χ1n) is 7.26. The highest BCUT2D eigenvalue weighted by molar-refractivity contribution is 7.91. The lowest BCUT2D eigenvalue weighted by molar-refractivity contribution is 0.165. The maximum atomic E-state index is 11.6. The summed E-state index contributed by atoms with van der Waals surface area (Å²) in [5.41, 5.74) is 0. The summed E-state index contributed by atoms with van der Waals surface area (Å²) in [6.07, 6.45) is 4.49. The quantitative estimate of drug-likeness (QED) is 0.832. The second-order valence-corrected chi connectivity index (χ2v) is 7.99. The number of nitrogens with one attached hydrogen (secondary N) is 1. The number of halogens is 1. The van der Waals surface area contributed by atoms with Crippen molar-refractivity contribution in [3.05, 3.63) is 0 Å². The van der Waals surface area contributed by atoms with Gasteiger partial charge in [-0.2, -0.15) is 0 Å². The lowest BCUT2D eigenvalue weighted by atomic mass is 9.98. The Morgan fingerprint density at radius 3 is 2.63 bits per heavy atom. The Morgan fingerprint density at radius 1 is 1.32 bits per heavy atom. The van der Waals surface area contributed by atoms with E-state index in [1.807, 2.05) is 0 Å². The third-order valence-electron chi connectivity index (χ3n) is 4.13. The second kappa shape index (κ2) is 7.81. The summed E-state index contributed by atoms with van der Waals surface area (Å²) in [4.78, 5) is 2.43. The molecule has 0 saturated carbocycles. The van der Waals surface area contributed by atoms with Crippen LogP contribution in [0.5, 0.6) is 0 Å². The van der Waals surface area contributed by atoms with Crippen molar-refractivity contribution in [1.29, 1.82) is 0 Å². The Hall–Kier alpha value is 0.160. The monoisotopic (exact) mass is 310 g/mol. The molecule has 0 aliphatic carbocycles. The molecule has 0 radical (unpaired) electrons. The van der Waals surface area contributed by atoms with Gasteiger partial charge >= 0.3 is 0 Å². The standard InChI is InChI=1S/C13H26N2O2S.ClH/c1-2-7-15(10-12-4-3-6-14-9-12)13-5-8-18(16,17)11-13;/h12-14H,2-11H2,1H3;1H. The van der Waals surface area contributed by atoms with Crippen LogP contribution in [0.15, 0.2) is 0 Å². The summed E-state index contributed by atoms with van der Waals surface area (Å²) in [6, 6.07) is 0.275. The molecular weight excluding hydrogens is 284 g/mol. The molecule has 0 spiro atoms. The van der Waals surface area contributed by atoms with E-state index in [9.17, 15) is 8.42 Å². The van der Waals surface area contributed by atoms with Gasteiger partial charge in [-0.05, 0) is 51.2 Å². The van der Waals surface area contributed by atoms with Gasteiger partial charge in [-0.3, -0.25) is 4.90 Å². The molecule has 2 atom stereocenters. The molecule has 4 nitrogen and oxygen atoms in total. The Bertz CT molecular complexity index is 356. The Kier molecular flexibility index (Phi) is 7.08. The van der Waals surface area contributed by atoms with E-state index in [2.05, 4.69) is 17.1 Å². The molecule has 2 unspecified atom stereocenters. The number of sulfone groups is 1. The highest BCUT2D eigenvalue weighted by atomic mass is 35.5. The van der Waals surface area contributed by atoms with Crippen molar-refractivity contribution < 1.29 is 8.42 Å². The Morgan fingerprint density at radius 2 is 2.11 bits per heavy atom. The van der Waals surface area contributed by atoms with Crippen molar-refractivity contribution in [1.82, 2.24) is 10.2 Å². The van der Waals surface area contributed by atoms with Crippen LogP contribution in [0, 0.1) is 5.92 Å². The molecule has 19 heavy (non-hydrogen) atoms. The largest absolute Gasteiger partial charge is 0.316 e. The maximum Gasteiger partial charge on any atom is 0.151 e. The Labute approximate surface area is 123 Å². The van der Waals surface area contributed by atoms with Crippen LogP contribution in [0.1, 0.15) is 32.6 Å². The van der Waals surface area contributed by atoms with E-state index in [1.54, 1.807) is 0 Å². The van der Waals surface area contributed by atoms with Gasteiger partial charge in [0.15, 0.2) is 9.84 Å². The molecule has 6 heteroatoms. The zero-order chi connectivity index (χ0) is 13.0. The van der Waals surface area contributed by atoms with Gasteiger partial charge in [0.25, 0.3) is 0 Å². The predicted molar refractivity (Wildman–Crippen MR) is 81.8 cm³/mol. The zero-order valence-corrected chi connectivity index (χ0v) is 13.4. The first-order chi connectivity index (χ1) is 8.61. The van der Waals surface area contributed by atoms with Gasteiger partial charge in [-0.15, -0.1) is 12.4 Å². The van der Waals surface area contributed by atoms with Gasteiger partial charge in [-0.25, -0.2) is 8.42 Å². The Balaban J connectivity index is 0.00000180.